The summed E-state index contributed by atoms with van der Waals surface area (Å²) in [6.07, 6.45) is 0.443. The zero-order chi connectivity index (χ0) is 16.1. The van der Waals surface area contributed by atoms with Gasteiger partial charge in [-0.05, 0) is 12.1 Å². The highest BCUT2D eigenvalue weighted by molar-refractivity contribution is 6.32. The van der Waals surface area contributed by atoms with Gasteiger partial charge in [-0.2, -0.15) is 0 Å². The summed E-state index contributed by atoms with van der Waals surface area (Å²) in [5.41, 5.74) is 0.714. The first-order valence-electron chi connectivity index (χ1n) is 6.58. The number of hydrogen-bond donors (Lipinski definition) is 0. The van der Waals surface area contributed by atoms with Gasteiger partial charge in [-0.1, -0.05) is 41.9 Å². The molecule has 1 amide bonds. The Bertz CT molecular complexity index is 674. The predicted octanol–water partition coefficient (Wildman–Crippen LogP) is 2.72. The zero-order valence-corrected chi connectivity index (χ0v) is 12.9. The molecule has 1 aromatic carbocycles. The molecule has 0 fully saturated rings. The van der Waals surface area contributed by atoms with E-state index in [0.29, 0.717) is 5.56 Å². The first-order chi connectivity index (χ1) is 10.5. The number of aromatic nitrogens is 1. The van der Waals surface area contributed by atoms with Crippen molar-refractivity contribution in [2.75, 3.05) is 14.1 Å². The predicted molar refractivity (Wildman–Crippen MR) is 82.5 cm³/mol. The van der Waals surface area contributed by atoms with Crippen LogP contribution in [0.2, 0.25) is 5.15 Å². The van der Waals surface area contributed by atoms with Gasteiger partial charge in [-0.3, -0.25) is 4.79 Å². The van der Waals surface area contributed by atoms with Crippen LogP contribution < -0.4 is 0 Å². The summed E-state index contributed by atoms with van der Waals surface area (Å²) in [5, 5.41) is 0.0385. The Labute approximate surface area is 133 Å². The van der Waals surface area contributed by atoms with Crippen molar-refractivity contribution in [2.45, 2.75) is 6.10 Å². The van der Waals surface area contributed by atoms with Crippen molar-refractivity contribution in [1.82, 2.24) is 9.88 Å². The number of pyridine rings is 1. The summed E-state index contributed by atoms with van der Waals surface area (Å²) in [6, 6.07) is 11.9. The molecule has 5 nitrogen and oxygen atoms in total. The summed E-state index contributed by atoms with van der Waals surface area (Å²) in [5.74, 6) is -1.03. The van der Waals surface area contributed by atoms with Crippen LogP contribution in [-0.2, 0) is 9.53 Å². The van der Waals surface area contributed by atoms with E-state index in [4.69, 9.17) is 16.3 Å². The minimum atomic E-state index is -1.03. The summed E-state index contributed by atoms with van der Waals surface area (Å²) in [6.45, 7) is 0. The molecule has 114 valence electrons. The second kappa shape index (κ2) is 7.04. The molecule has 0 aliphatic heterocycles. The van der Waals surface area contributed by atoms with Crippen molar-refractivity contribution in [3.05, 3.63) is 64.9 Å². The minimum absolute atomic E-state index is 0.0385. The van der Waals surface area contributed by atoms with Gasteiger partial charge < -0.3 is 9.64 Å². The van der Waals surface area contributed by atoms with Gasteiger partial charge >= 0.3 is 5.97 Å². The van der Waals surface area contributed by atoms with E-state index >= 15 is 0 Å². The molecule has 0 saturated carbocycles. The van der Waals surface area contributed by atoms with Gasteiger partial charge in [0, 0.05) is 25.9 Å². The lowest BCUT2D eigenvalue weighted by molar-refractivity contribution is -0.138. The molecule has 0 unspecified atom stereocenters. The SMILES string of the molecule is CN(C)C(=O)[C@@H](OC(=O)c1cccnc1Cl)c1ccccc1. The molecule has 0 N–H and O–H groups in total. The molecule has 6 heteroatoms. The van der Waals surface area contributed by atoms with Crippen LogP contribution in [0.1, 0.15) is 22.0 Å². The highest BCUT2D eigenvalue weighted by Gasteiger charge is 2.27. The van der Waals surface area contributed by atoms with E-state index < -0.39 is 12.1 Å². The fraction of sp³-hybridized carbons (Fsp3) is 0.188. The van der Waals surface area contributed by atoms with Crippen LogP contribution in [0.25, 0.3) is 0 Å². The molecule has 2 rings (SSSR count). The number of hydrogen-bond acceptors (Lipinski definition) is 4. The molecule has 0 radical (unpaired) electrons. The lowest BCUT2D eigenvalue weighted by Crippen LogP contribution is -2.31. The average Bonchev–Trinajstić information content (AvgIpc) is 2.53. The third-order valence-electron chi connectivity index (χ3n) is 2.97. The third kappa shape index (κ3) is 3.62. The number of halogens is 1. The summed E-state index contributed by atoms with van der Waals surface area (Å²) in [4.78, 5) is 29.8. The quantitative estimate of drug-likeness (QED) is 0.642. The standard InChI is InChI=1S/C16H15ClN2O3/c1-19(2)15(20)13(11-7-4-3-5-8-11)22-16(21)12-9-6-10-18-14(12)17/h3-10,13H,1-2H3/t13-/m0/s1. The number of benzene rings is 1. The number of likely N-dealkylation sites (N-methyl/N-ethyl adjacent to an activating group) is 1. The highest BCUT2D eigenvalue weighted by atomic mass is 35.5. The van der Waals surface area contributed by atoms with Crippen molar-refractivity contribution in [3.8, 4) is 0 Å². The molecule has 0 spiro atoms. The van der Waals surface area contributed by atoms with E-state index in [1.807, 2.05) is 6.07 Å². The Hall–Kier alpha value is -2.40. The van der Waals surface area contributed by atoms with E-state index in [-0.39, 0.29) is 16.6 Å². The van der Waals surface area contributed by atoms with Crippen LogP contribution in [0.5, 0.6) is 0 Å². The van der Waals surface area contributed by atoms with E-state index in [1.54, 1.807) is 44.4 Å². The maximum atomic E-state index is 12.3. The fourth-order valence-electron chi connectivity index (χ4n) is 1.83. The Morgan fingerprint density at radius 1 is 1.14 bits per heavy atom. The average molecular weight is 319 g/mol. The molecule has 0 bridgehead atoms. The fourth-order valence-corrected chi connectivity index (χ4v) is 2.03. The van der Waals surface area contributed by atoms with Crippen LogP contribution in [0, 0.1) is 0 Å². The number of carbonyl (C=O) groups excluding carboxylic acids is 2. The van der Waals surface area contributed by atoms with Gasteiger partial charge in [0.25, 0.3) is 5.91 Å². The molecular weight excluding hydrogens is 304 g/mol. The van der Waals surface area contributed by atoms with Crippen LogP contribution in [0.4, 0.5) is 0 Å². The van der Waals surface area contributed by atoms with E-state index in [9.17, 15) is 9.59 Å². The molecule has 1 heterocycles. The van der Waals surface area contributed by atoms with Gasteiger partial charge in [0.05, 0.1) is 5.56 Å². The molecular formula is C16H15ClN2O3. The first-order valence-corrected chi connectivity index (χ1v) is 6.96. The number of rotatable bonds is 4. The van der Waals surface area contributed by atoms with Crippen LogP contribution in [0.15, 0.2) is 48.7 Å². The van der Waals surface area contributed by atoms with Gasteiger partial charge in [-0.15, -0.1) is 0 Å². The third-order valence-corrected chi connectivity index (χ3v) is 3.27. The number of nitrogens with zero attached hydrogens (tertiary/aromatic N) is 2. The Morgan fingerprint density at radius 3 is 2.41 bits per heavy atom. The minimum Gasteiger partial charge on any atom is -0.444 e. The second-order valence-corrected chi connectivity index (χ2v) is 5.13. The van der Waals surface area contributed by atoms with Crippen molar-refractivity contribution >= 4 is 23.5 Å². The molecule has 0 aliphatic rings. The van der Waals surface area contributed by atoms with E-state index in [2.05, 4.69) is 4.98 Å². The smallest absolute Gasteiger partial charge is 0.342 e. The number of ether oxygens (including phenoxy) is 1. The number of amides is 1. The monoisotopic (exact) mass is 318 g/mol. The first kappa shape index (κ1) is 16.0. The Morgan fingerprint density at radius 2 is 1.82 bits per heavy atom. The lowest BCUT2D eigenvalue weighted by Gasteiger charge is -2.21. The van der Waals surface area contributed by atoms with Crippen LogP contribution >= 0.6 is 11.6 Å². The van der Waals surface area contributed by atoms with Gasteiger partial charge in [0.2, 0.25) is 6.10 Å². The summed E-state index contributed by atoms with van der Waals surface area (Å²) in [7, 11) is 3.20. The molecule has 22 heavy (non-hydrogen) atoms. The lowest BCUT2D eigenvalue weighted by atomic mass is 10.1. The van der Waals surface area contributed by atoms with Crippen molar-refractivity contribution < 1.29 is 14.3 Å². The zero-order valence-electron chi connectivity index (χ0n) is 12.2. The number of esters is 1. The van der Waals surface area contributed by atoms with Crippen molar-refractivity contribution in [2.24, 2.45) is 0 Å². The summed E-state index contributed by atoms with van der Waals surface area (Å²) >= 11 is 5.88. The second-order valence-electron chi connectivity index (χ2n) is 4.77. The molecule has 1 atom stereocenters. The van der Waals surface area contributed by atoms with Gasteiger partial charge in [-0.25, -0.2) is 9.78 Å². The normalized spacial score (nSPS) is 11.6. The van der Waals surface area contributed by atoms with Crippen molar-refractivity contribution in [1.29, 1.82) is 0 Å². The van der Waals surface area contributed by atoms with Crippen LogP contribution in [0.3, 0.4) is 0 Å². The van der Waals surface area contributed by atoms with Crippen molar-refractivity contribution in [3.63, 3.8) is 0 Å². The number of carbonyl (C=O) groups is 2. The topological polar surface area (TPSA) is 59.5 Å². The molecule has 1 aromatic heterocycles. The maximum absolute atomic E-state index is 12.3. The Balaban J connectivity index is 2.29. The molecule has 2 aromatic rings. The largest absolute Gasteiger partial charge is 0.444 e. The van der Waals surface area contributed by atoms with E-state index in [1.165, 1.54) is 17.2 Å². The van der Waals surface area contributed by atoms with Gasteiger partial charge in [0.15, 0.2) is 0 Å². The molecule has 0 saturated heterocycles. The highest BCUT2D eigenvalue weighted by Crippen LogP contribution is 2.22. The maximum Gasteiger partial charge on any atom is 0.342 e. The van der Waals surface area contributed by atoms with E-state index in [0.717, 1.165) is 0 Å². The van der Waals surface area contributed by atoms with Gasteiger partial charge in [0.1, 0.15) is 5.15 Å². The van der Waals surface area contributed by atoms with Crippen LogP contribution in [-0.4, -0.2) is 35.9 Å². The summed E-state index contributed by atoms with van der Waals surface area (Å²) < 4.78 is 5.37. The molecule has 0 aliphatic carbocycles. The Kier molecular flexibility index (Phi) is 5.12.